The molecule has 0 fully saturated rings. The summed E-state index contributed by atoms with van der Waals surface area (Å²) in [6, 6.07) is 2.76. The summed E-state index contributed by atoms with van der Waals surface area (Å²) in [6.07, 6.45) is -2.92. The Balaban J connectivity index is 3.14. The fourth-order valence-electron chi connectivity index (χ4n) is 2.17. The highest BCUT2D eigenvalue weighted by Gasteiger charge is 2.34. The Morgan fingerprint density at radius 2 is 1.77 bits per heavy atom. The van der Waals surface area contributed by atoms with Crippen molar-refractivity contribution in [3.8, 4) is 5.75 Å². The number of alkyl halides is 3. The molecule has 0 spiro atoms. The van der Waals surface area contributed by atoms with Gasteiger partial charge in [-0.2, -0.15) is 0 Å². The van der Waals surface area contributed by atoms with E-state index >= 15 is 0 Å². The summed E-state index contributed by atoms with van der Waals surface area (Å²) in [5.41, 5.74) is 5.87. The molecule has 6 heteroatoms. The maximum Gasteiger partial charge on any atom is 0.573 e. The smallest absolute Gasteiger partial charge is 0.403 e. The minimum absolute atomic E-state index is 0.0217. The molecule has 126 valence electrons. The Labute approximate surface area is 128 Å². The van der Waals surface area contributed by atoms with Gasteiger partial charge in [-0.3, -0.25) is 0 Å². The van der Waals surface area contributed by atoms with E-state index in [0.29, 0.717) is 12.0 Å². The van der Waals surface area contributed by atoms with Gasteiger partial charge in [0.15, 0.2) is 11.6 Å². The van der Waals surface area contributed by atoms with Crippen molar-refractivity contribution in [2.45, 2.75) is 64.8 Å². The lowest BCUT2D eigenvalue weighted by Crippen LogP contribution is -2.21. The van der Waals surface area contributed by atoms with Crippen molar-refractivity contribution in [3.05, 3.63) is 29.1 Å². The molecule has 0 aliphatic carbocycles. The van der Waals surface area contributed by atoms with Crippen LogP contribution in [-0.4, -0.2) is 12.4 Å². The maximum atomic E-state index is 14.3. The third kappa shape index (κ3) is 5.83. The third-order valence-electron chi connectivity index (χ3n) is 3.26. The van der Waals surface area contributed by atoms with Gasteiger partial charge in [0, 0.05) is 6.04 Å². The van der Waals surface area contributed by atoms with Crippen LogP contribution in [0.4, 0.5) is 17.6 Å². The average molecular weight is 321 g/mol. The molecule has 0 amide bonds. The van der Waals surface area contributed by atoms with E-state index < -0.39 is 23.3 Å². The first-order valence-electron chi connectivity index (χ1n) is 7.24. The molecule has 0 saturated carbocycles. The van der Waals surface area contributed by atoms with Crippen molar-refractivity contribution in [3.63, 3.8) is 0 Å². The van der Waals surface area contributed by atoms with Gasteiger partial charge in [0.1, 0.15) is 0 Å². The van der Waals surface area contributed by atoms with E-state index in [-0.39, 0.29) is 11.6 Å². The van der Waals surface area contributed by atoms with Crippen molar-refractivity contribution in [2.75, 3.05) is 0 Å². The summed E-state index contributed by atoms with van der Waals surface area (Å²) < 4.78 is 55.4. The van der Waals surface area contributed by atoms with Crippen molar-refractivity contribution in [1.82, 2.24) is 0 Å². The second-order valence-corrected chi connectivity index (χ2v) is 6.62. The van der Waals surface area contributed by atoms with Crippen LogP contribution < -0.4 is 10.5 Å². The molecule has 1 atom stereocenters. The largest absolute Gasteiger partial charge is 0.573 e. The van der Waals surface area contributed by atoms with Gasteiger partial charge < -0.3 is 10.5 Å². The number of hydrogen-bond acceptors (Lipinski definition) is 2. The number of rotatable bonds is 5. The standard InChI is InChI=1S/C16H23F4NO/c1-10(21)6-5-7-11-8-12(15(2,3)4)14(17)13(9-11)22-16(18,19)20/h8-10H,5-7,21H2,1-4H3/t10-/m0/s1. The van der Waals surface area contributed by atoms with Gasteiger partial charge in [-0.15, -0.1) is 13.2 Å². The molecule has 2 nitrogen and oxygen atoms in total. The van der Waals surface area contributed by atoms with Gasteiger partial charge >= 0.3 is 6.36 Å². The Bertz CT molecular complexity index is 504. The molecule has 22 heavy (non-hydrogen) atoms. The van der Waals surface area contributed by atoms with Crippen LogP contribution in [0.3, 0.4) is 0 Å². The van der Waals surface area contributed by atoms with Gasteiger partial charge in [0.05, 0.1) is 0 Å². The van der Waals surface area contributed by atoms with Crippen LogP contribution in [0, 0.1) is 5.82 Å². The van der Waals surface area contributed by atoms with Gasteiger partial charge in [-0.25, -0.2) is 4.39 Å². The zero-order valence-corrected chi connectivity index (χ0v) is 13.4. The Morgan fingerprint density at radius 1 is 1.18 bits per heavy atom. The first kappa shape index (κ1) is 18.7. The lowest BCUT2D eigenvalue weighted by Gasteiger charge is -2.23. The maximum absolute atomic E-state index is 14.3. The summed E-state index contributed by atoms with van der Waals surface area (Å²) in [4.78, 5) is 0. The monoisotopic (exact) mass is 321 g/mol. The van der Waals surface area contributed by atoms with E-state index in [9.17, 15) is 17.6 Å². The Kier molecular flexibility index (Phi) is 5.84. The van der Waals surface area contributed by atoms with E-state index in [1.807, 2.05) is 6.92 Å². The zero-order chi connectivity index (χ0) is 17.1. The number of ether oxygens (including phenoxy) is 1. The van der Waals surface area contributed by atoms with Gasteiger partial charge in [0.25, 0.3) is 0 Å². The van der Waals surface area contributed by atoms with E-state index in [0.717, 1.165) is 18.9 Å². The minimum atomic E-state index is -4.92. The molecule has 0 aliphatic heterocycles. The number of hydrogen-bond donors (Lipinski definition) is 1. The molecule has 0 aromatic heterocycles. The van der Waals surface area contributed by atoms with Crippen LogP contribution in [0.15, 0.2) is 12.1 Å². The molecule has 0 saturated heterocycles. The fourth-order valence-corrected chi connectivity index (χ4v) is 2.17. The van der Waals surface area contributed by atoms with Crippen molar-refractivity contribution >= 4 is 0 Å². The quantitative estimate of drug-likeness (QED) is 0.798. The lowest BCUT2D eigenvalue weighted by molar-refractivity contribution is -0.275. The summed E-state index contributed by atoms with van der Waals surface area (Å²) in [7, 11) is 0. The van der Waals surface area contributed by atoms with Crippen LogP contribution in [0.1, 0.15) is 51.7 Å². The highest BCUT2D eigenvalue weighted by atomic mass is 19.4. The Hall–Kier alpha value is -1.30. The second-order valence-electron chi connectivity index (χ2n) is 6.62. The zero-order valence-electron chi connectivity index (χ0n) is 13.4. The molecular weight excluding hydrogens is 298 g/mol. The van der Waals surface area contributed by atoms with Gasteiger partial charge in [0.2, 0.25) is 0 Å². The predicted molar refractivity (Wildman–Crippen MR) is 78.4 cm³/mol. The third-order valence-corrected chi connectivity index (χ3v) is 3.26. The molecule has 0 radical (unpaired) electrons. The molecule has 2 N–H and O–H groups in total. The summed E-state index contributed by atoms with van der Waals surface area (Å²) in [5, 5.41) is 0. The number of benzene rings is 1. The summed E-state index contributed by atoms with van der Waals surface area (Å²) in [6.45, 7) is 7.10. The van der Waals surface area contributed by atoms with Crippen LogP contribution in [0.5, 0.6) is 5.75 Å². The van der Waals surface area contributed by atoms with Crippen LogP contribution in [0.2, 0.25) is 0 Å². The molecule has 0 aliphatic rings. The molecule has 0 unspecified atom stereocenters. The second kappa shape index (κ2) is 6.86. The molecular formula is C16H23F4NO. The van der Waals surface area contributed by atoms with Crippen molar-refractivity contribution in [1.29, 1.82) is 0 Å². The highest BCUT2D eigenvalue weighted by Crippen LogP contribution is 2.35. The highest BCUT2D eigenvalue weighted by molar-refractivity contribution is 5.40. The number of aryl methyl sites for hydroxylation is 1. The average Bonchev–Trinajstić information content (AvgIpc) is 2.29. The first-order valence-corrected chi connectivity index (χ1v) is 7.24. The van der Waals surface area contributed by atoms with E-state index in [4.69, 9.17) is 5.73 Å². The lowest BCUT2D eigenvalue weighted by atomic mass is 9.85. The van der Waals surface area contributed by atoms with Crippen LogP contribution >= 0.6 is 0 Å². The van der Waals surface area contributed by atoms with Gasteiger partial charge in [-0.05, 0) is 48.8 Å². The van der Waals surface area contributed by atoms with E-state index in [1.54, 1.807) is 26.8 Å². The van der Waals surface area contributed by atoms with Crippen LogP contribution in [-0.2, 0) is 11.8 Å². The normalized spacial score (nSPS) is 14.0. The SMILES string of the molecule is C[C@H](N)CCCc1cc(OC(F)(F)F)c(F)c(C(C)(C)C)c1. The van der Waals surface area contributed by atoms with Gasteiger partial charge in [-0.1, -0.05) is 26.8 Å². The predicted octanol–water partition coefficient (Wildman–Crippen LogP) is 4.69. The fraction of sp³-hybridized carbons (Fsp3) is 0.625. The van der Waals surface area contributed by atoms with Crippen molar-refractivity contribution in [2.24, 2.45) is 5.73 Å². The molecule has 1 rings (SSSR count). The number of halogens is 4. The van der Waals surface area contributed by atoms with Crippen LogP contribution in [0.25, 0.3) is 0 Å². The summed E-state index contributed by atoms with van der Waals surface area (Å²) in [5.74, 6) is -1.73. The first-order chi connectivity index (χ1) is 9.90. The Morgan fingerprint density at radius 3 is 2.23 bits per heavy atom. The molecule has 1 aromatic carbocycles. The van der Waals surface area contributed by atoms with E-state index in [1.165, 1.54) is 0 Å². The van der Waals surface area contributed by atoms with Crippen molar-refractivity contribution < 1.29 is 22.3 Å². The summed E-state index contributed by atoms with van der Waals surface area (Å²) >= 11 is 0. The molecule has 0 bridgehead atoms. The molecule has 1 aromatic rings. The molecule has 0 heterocycles. The number of nitrogens with two attached hydrogens (primary N) is 1. The van der Waals surface area contributed by atoms with E-state index in [2.05, 4.69) is 4.74 Å². The topological polar surface area (TPSA) is 35.2 Å². The minimum Gasteiger partial charge on any atom is -0.403 e.